The van der Waals surface area contributed by atoms with E-state index in [0.29, 0.717) is 0 Å². The van der Waals surface area contributed by atoms with Crippen LogP contribution in [0.25, 0.3) is 20.4 Å². The van der Waals surface area contributed by atoms with Crippen LogP contribution in [0.2, 0.25) is 0 Å². The maximum absolute atomic E-state index is 4.61. The molecule has 0 saturated carbocycles. The third-order valence-corrected chi connectivity index (χ3v) is 4.80. The van der Waals surface area contributed by atoms with E-state index >= 15 is 0 Å². The quantitative estimate of drug-likeness (QED) is 0.547. The summed E-state index contributed by atoms with van der Waals surface area (Å²) >= 11 is 3.60. The number of rotatable bonds is 0. The number of nitrogens with zero attached hydrogens (tertiary/aromatic N) is 2. The van der Waals surface area contributed by atoms with Crippen LogP contribution in [0.5, 0.6) is 0 Å². The van der Waals surface area contributed by atoms with Gasteiger partial charge < -0.3 is 0 Å². The second-order valence-electron chi connectivity index (χ2n) is 3.67. The van der Waals surface area contributed by atoms with Gasteiger partial charge in [-0.1, -0.05) is 11.3 Å². The third kappa shape index (κ3) is 1.21. The Hall–Kier alpha value is -1.00. The monoisotopic (exact) mass is 235 g/mol. The fourth-order valence-electron chi connectivity index (χ4n) is 1.82. The van der Waals surface area contributed by atoms with Crippen molar-refractivity contribution in [3.8, 4) is 0 Å². The summed E-state index contributed by atoms with van der Waals surface area (Å²) in [6.45, 7) is 4.21. The molecule has 3 aromatic rings. The summed E-state index contributed by atoms with van der Waals surface area (Å²) < 4.78 is 4.84. The summed E-state index contributed by atoms with van der Waals surface area (Å²) in [7, 11) is 2.11. The average molecular weight is 235 g/mol. The Kier molecular flexibility index (Phi) is 1.85. The van der Waals surface area contributed by atoms with E-state index in [1.807, 2.05) is 11.3 Å². The molecule has 2 aromatic heterocycles. The summed E-state index contributed by atoms with van der Waals surface area (Å²) in [4.78, 5) is 4.61. The molecule has 0 radical (unpaired) electrons. The van der Waals surface area contributed by atoms with Crippen LogP contribution in [0.4, 0.5) is 0 Å². The summed E-state index contributed by atoms with van der Waals surface area (Å²) in [6.07, 6.45) is 0. The molecule has 0 aliphatic carbocycles. The van der Waals surface area contributed by atoms with Crippen LogP contribution in [0, 0.1) is 13.8 Å². The lowest BCUT2D eigenvalue weighted by Gasteiger charge is -1.87. The first-order valence-electron chi connectivity index (χ1n) is 4.82. The van der Waals surface area contributed by atoms with Crippen molar-refractivity contribution in [3.05, 3.63) is 22.1 Å². The molecule has 0 spiro atoms. The highest BCUT2D eigenvalue weighted by atomic mass is 32.1. The molecule has 1 aromatic carbocycles. The van der Waals surface area contributed by atoms with E-state index in [1.165, 1.54) is 25.4 Å². The van der Waals surface area contributed by atoms with Gasteiger partial charge in [0.2, 0.25) is 10.5 Å². The molecular weight excluding hydrogens is 224 g/mol. The third-order valence-electron chi connectivity index (χ3n) is 2.68. The molecule has 0 fully saturated rings. The second-order valence-corrected chi connectivity index (χ2v) is 6.11. The molecular formula is C11H11N2S2+. The van der Waals surface area contributed by atoms with E-state index in [1.54, 1.807) is 11.3 Å². The van der Waals surface area contributed by atoms with Crippen molar-refractivity contribution in [2.45, 2.75) is 13.8 Å². The molecule has 0 unspecified atom stereocenters. The van der Waals surface area contributed by atoms with Crippen LogP contribution in [0.1, 0.15) is 10.0 Å². The van der Waals surface area contributed by atoms with Crippen molar-refractivity contribution in [2.75, 3.05) is 0 Å². The first kappa shape index (κ1) is 9.24. The van der Waals surface area contributed by atoms with E-state index in [-0.39, 0.29) is 0 Å². The highest BCUT2D eigenvalue weighted by Crippen LogP contribution is 2.31. The van der Waals surface area contributed by atoms with Gasteiger partial charge in [0.05, 0.1) is 9.71 Å². The molecule has 0 N–H and O–H groups in total. The van der Waals surface area contributed by atoms with Crippen LogP contribution in [0.3, 0.4) is 0 Å². The molecule has 2 nitrogen and oxygen atoms in total. The number of hydrogen-bond acceptors (Lipinski definition) is 3. The largest absolute Gasteiger partial charge is 0.240 e. The number of hydrogen-bond donors (Lipinski definition) is 0. The molecule has 0 aliphatic heterocycles. The van der Waals surface area contributed by atoms with Gasteiger partial charge in [-0.05, 0) is 13.0 Å². The molecule has 0 amide bonds. The van der Waals surface area contributed by atoms with Gasteiger partial charge in [0.1, 0.15) is 17.3 Å². The number of aryl methyl sites for hydroxylation is 3. The van der Waals surface area contributed by atoms with Gasteiger partial charge in [-0.25, -0.2) is 4.98 Å². The highest BCUT2D eigenvalue weighted by Gasteiger charge is 2.17. The Morgan fingerprint density at radius 3 is 2.80 bits per heavy atom. The minimum absolute atomic E-state index is 1.14. The summed E-state index contributed by atoms with van der Waals surface area (Å²) in [5, 5.41) is 2.47. The number of benzene rings is 1. The summed E-state index contributed by atoms with van der Waals surface area (Å²) in [5.41, 5.74) is 2.46. The van der Waals surface area contributed by atoms with Gasteiger partial charge >= 0.3 is 0 Å². The maximum atomic E-state index is 4.61. The van der Waals surface area contributed by atoms with Crippen molar-refractivity contribution >= 4 is 43.1 Å². The Labute approximate surface area is 95.8 Å². The SMILES string of the molecule is Cc1nc2c(ccc3c2sc(C)[n+]3C)s1. The van der Waals surface area contributed by atoms with E-state index in [0.717, 1.165) is 5.01 Å². The Balaban J connectivity index is 2.59. The predicted octanol–water partition coefficient (Wildman–Crippen LogP) is 2.95. The molecule has 0 atom stereocenters. The van der Waals surface area contributed by atoms with Gasteiger partial charge in [-0.3, -0.25) is 0 Å². The van der Waals surface area contributed by atoms with E-state index in [2.05, 4.69) is 42.6 Å². The minimum atomic E-state index is 1.14. The zero-order valence-corrected chi connectivity index (χ0v) is 10.5. The Morgan fingerprint density at radius 1 is 1.20 bits per heavy atom. The van der Waals surface area contributed by atoms with Crippen LogP contribution < -0.4 is 4.57 Å². The van der Waals surface area contributed by atoms with Gasteiger partial charge in [0, 0.05) is 13.0 Å². The first-order valence-corrected chi connectivity index (χ1v) is 6.45. The van der Waals surface area contributed by atoms with Gasteiger partial charge in [-0.2, -0.15) is 4.57 Å². The number of thiazole rings is 2. The molecule has 2 heterocycles. The fraction of sp³-hybridized carbons (Fsp3) is 0.273. The fourth-order valence-corrected chi connectivity index (χ4v) is 3.81. The molecule has 0 saturated heterocycles. The highest BCUT2D eigenvalue weighted by molar-refractivity contribution is 7.21. The lowest BCUT2D eigenvalue weighted by molar-refractivity contribution is -0.646. The van der Waals surface area contributed by atoms with E-state index in [9.17, 15) is 0 Å². The summed E-state index contributed by atoms with van der Waals surface area (Å²) in [5.74, 6) is 0. The first-order chi connectivity index (χ1) is 7.16. The van der Waals surface area contributed by atoms with Crippen molar-refractivity contribution in [1.29, 1.82) is 0 Å². The zero-order valence-electron chi connectivity index (χ0n) is 8.87. The van der Waals surface area contributed by atoms with E-state index in [4.69, 9.17) is 0 Å². The molecule has 15 heavy (non-hydrogen) atoms. The van der Waals surface area contributed by atoms with Crippen LogP contribution >= 0.6 is 22.7 Å². The second kappa shape index (κ2) is 3.00. The topological polar surface area (TPSA) is 16.8 Å². The van der Waals surface area contributed by atoms with Gasteiger partial charge in [0.25, 0.3) is 0 Å². The Morgan fingerprint density at radius 2 is 2.00 bits per heavy atom. The molecule has 0 aliphatic rings. The Bertz CT molecular complexity index is 664. The van der Waals surface area contributed by atoms with E-state index < -0.39 is 0 Å². The molecule has 0 bridgehead atoms. The average Bonchev–Trinajstić information content (AvgIpc) is 2.69. The molecule has 3 rings (SSSR count). The number of aromatic nitrogens is 2. The minimum Gasteiger partial charge on any atom is -0.240 e. The van der Waals surface area contributed by atoms with Crippen LogP contribution in [0.15, 0.2) is 12.1 Å². The van der Waals surface area contributed by atoms with Crippen LogP contribution in [-0.2, 0) is 7.05 Å². The zero-order chi connectivity index (χ0) is 10.6. The van der Waals surface area contributed by atoms with Crippen molar-refractivity contribution < 1.29 is 4.57 Å². The van der Waals surface area contributed by atoms with Crippen molar-refractivity contribution in [1.82, 2.24) is 4.98 Å². The predicted molar refractivity (Wildman–Crippen MR) is 65.7 cm³/mol. The number of fused-ring (bicyclic) bond motifs is 3. The maximum Gasteiger partial charge on any atom is 0.235 e. The smallest absolute Gasteiger partial charge is 0.235 e. The lowest BCUT2D eigenvalue weighted by Crippen LogP contribution is -2.28. The normalized spacial score (nSPS) is 11.7. The van der Waals surface area contributed by atoms with Crippen LogP contribution in [-0.4, -0.2) is 4.98 Å². The molecule has 76 valence electrons. The standard InChI is InChI=1S/C11H11N2S2/c1-6-12-10-9(14-6)5-4-8-11(10)15-7(2)13(8)3/h4-5H,1-3H3/q+1. The lowest BCUT2D eigenvalue weighted by atomic mass is 10.3. The van der Waals surface area contributed by atoms with Crippen molar-refractivity contribution in [2.24, 2.45) is 7.05 Å². The van der Waals surface area contributed by atoms with Gasteiger partial charge in [0.15, 0.2) is 0 Å². The summed E-state index contributed by atoms with van der Waals surface area (Å²) in [6, 6.07) is 4.37. The van der Waals surface area contributed by atoms with Crippen molar-refractivity contribution in [3.63, 3.8) is 0 Å². The molecule has 4 heteroatoms. The van der Waals surface area contributed by atoms with Gasteiger partial charge in [-0.15, -0.1) is 11.3 Å².